The average molecular weight is 227 g/mol. The SMILES string of the molecule is CCC[Si](CCC)(CCC)CCN1CC1. The molecule has 1 rings (SSSR count). The Kier molecular flexibility index (Phi) is 5.91. The molecule has 1 heterocycles. The van der Waals surface area contributed by atoms with Gasteiger partial charge in [-0.2, -0.15) is 0 Å². The van der Waals surface area contributed by atoms with Crippen molar-refractivity contribution < 1.29 is 0 Å². The Labute approximate surface area is 97.3 Å². The summed E-state index contributed by atoms with van der Waals surface area (Å²) in [7, 11) is -0.860. The van der Waals surface area contributed by atoms with Crippen LogP contribution in [0.5, 0.6) is 0 Å². The van der Waals surface area contributed by atoms with Gasteiger partial charge in [0.1, 0.15) is 0 Å². The van der Waals surface area contributed by atoms with Crippen molar-refractivity contribution in [2.75, 3.05) is 19.6 Å². The largest absolute Gasteiger partial charge is 0.301 e. The molecule has 1 saturated heterocycles. The van der Waals surface area contributed by atoms with Crippen molar-refractivity contribution >= 4 is 8.07 Å². The van der Waals surface area contributed by atoms with Crippen LogP contribution in [0.15, 0.2) is 0 Å². The lowest BCUT2D eigenvalue weighted by Gasteiger charge is -2.31. The first-order valence-corrected chi connectivity index (χ1v) is 9.81. The first kappa shape index (κ1) is 13.2. The lowest BCUT2D eigenvalue weighted by atomic mass is 10.5. The van der Waals surface area contributed by atoms with Gasteiger partial charge in [0.25, 0.3) is 0 Å². The quantitative estimate of drug-likeness (QED) is 0.425. The summed E-state index contributed by atoms with van der Waals surface area (Å²) in [6.45, 7) is 11.3. The smallest absolute Gasteiger partial charge is 0.0548 e. The van der Waals surface area contributed by atoms with Gasteiger partial charge in [-0.05, 0) is 12.6 Å². The van der Waals surface area contributed by atoms with Gasteiger partial charge in [-0.25, -0.2) is 0 Å². The molecule has 1 aliphatic heterocycles. The van der Waals surface area contributed by atoms with E-state index in [4.69, 9.17) is 0 Å². The summed E-state index contributed by atoms with van der Waals surface area (Å²) in [5.41, 5.74) is 0. The van der Waals surface area contributed by atoms with E-state index in [-0.39, 0.29) is 0 Å². The van der Waals surface area contributed by atoms with Gasteiger partial charge >= 0.3 is 0 Å². The molecule has 0 amide bonds. The molecule has 0 aliphatic carbocycles. The van der Waals surface area contributed by atoms with Crippen LogP contribution < -0.4 is 0 Å². The highest BCUT2D eigenvalue weighted by Gasteiger charge is 2.31. The summed E-state index contributed by atoms with van der Waals surface area (Å²) in [6.07, 6.45) is 4.27. The highest BCUT2D eigenvalue weighted by molar-refractivity contribution is 6.79. The number of rotatable bonds is 9. The van der Waals surface area contributed by atoms with E-state index in [1.165, 1.54) is 38.9 Å². The van der Waals surface area contributed by atoms with E-state index in [2.05, 4.69) is 25.7 Å². The first-order chi connectivity index (χ1) is 7.26. The molecule has 0 aromatic rings. The molecular formula is C13H29NSi. The zero-order chi connectivity index (χ0) is 11.1. The Balaban J connectivity index is 2.43. The van der Waals surface area contributed by atoms with Crippen molar-refractivity contribution in [3.8, 4) is 0 Å². The number of hydrogen-bond donors (Lipinski definition) is 0. The van der Waals surface area contributed by atoms with Crippen molar-refractivity contribution in [3.63, 3.8) is 0 Å². The fourth-order valence-electron chi connectivity index (χ4n) is 3.03. The van der Waals surface area contributed by atoms with Gasteiger partial charge in [-0.15, -0.1) is 0 Å². The molecule has 0 aromatic heterocycles. The second-order valence-electron chi connectivity index (χ2n) is 5.34. The van der Waals surface area contributed by atoms with Crippen LogP contribution in [0.4, 0.5) is 0 Å². The summed E-state index contributed by atoms with van der Waals surface area (Å²) in [6, 6.07) is 6.34. The third-order valence-corrected chi connectivity index (χ3v) is 9.81. The van der Waals surface area contributed by atoms with Gasteiger partial charge in [0.15, 0.2) is 0 Å². The molecule has 0 saturated carbocycles. The van der Waals surface area contributed by atoms with Crippen LogP contribution in [-0.4, -0.2) is 32.6 Å². The minimum atomic E-state index is -0.860. The maximum atomic E-state index is 2.61. The first-order valence-electron chi connectivity index (χ1n) is 6.98. The lowest BCUT2D eigenvalue weighted by molar-refractivity contribution is 0.585. The molecule has 15 heavy (non-hydrogen) atoms. The van der Waals surface area contributed by atoms with Crippen LogP contribution in [-0.2, 0) is 0 Å². The molecule has 0 N–H and O–H groups in total. The van der Waals surface area contributed by atoms with Crippen molar-refractivity contribution in [1.82, 2.24) is 4.90 Å². The van der Waals surface area contributed by atoms with Crippen LogP contribution in [0.2, 0.25) is 24.2 Å². The summed E-state index contributed by atoms with van der Waals surface area (Å²) < 4.78 is 0. The Morgan fingerprint density at radius 2 is 1.27 bits per heavy atom. The summed E-state index contributed by atoms with van der Waals surface area (Å²) in [5.74, 6) is 0. The van der Waals surface area contributed by atoms with Crippen molar-refractivity contribution in [2.45, 2.75) is 64.2 Å². The van der Waals surface area contributed by atoms with E-state index >= 15 is 0 Å². The third-order valence-electron chi connectivity index (χ3n) is 3.84. The molecular weight excluding hydrogens is 198 g/mol. The molecule has 0 unspecified atom stereocenters. The second kappa shape index (κ2) is 6.69. The van der Waals surface area contributed by atoms with E-state index in [1.54, 1.807) is 24.2 Å². The normalized spacial score (nSPS) is 17.0. The average Bonchev–Trinajstić information content (AvgIpc) is 2.99. The van der Waals surface area contributed by atoms with Crippen LogP contribution in [0, 0.1) is 0 Å². The lowest BCUT2D eigenvalue weighted by Crippen LogP contribution is -2.35. The summed E-state index contributed by atoms with van der Waals surface area (Å²) in [4.78, 5) is 2.61. The number of nitrogens with zero attached hydrogens (tertiary/aromatic N) is 1. The molecule has 1 nitrogen and oxygen atoms in total. The Morgan fingerprint density at radius 1 is 0.800 bits per heavy atom. The van der Waals surface area contributed by atoms with Crippen LogP contribution in [0.3, 0.4) is 0 Å². The predicted molar refractivity (Wildman–Crippen MR) is 72.3 cm³/mol. The minimum Gasteiger partial charge on any atom is -0.301 e. The van der Waals surface area contributed by atoms with E-state index in [0.29, 0.717) is 0 Å². The van der Waals surface area contributed by atoms with Gasteiger partial charge in [-0.3, -0.25) is 0 Å². The molecule has 0 bridgehead atoms. The summed E-state index contributed by atoms with van der Waals surface area (Å²) >= 11 is 0. The number of hydrogen-bond acceptors (Lipinski definition) is 1. The van der Waals surface area contributed by atoms with Crippen molar-refractivity contribution in [3.05, 3.63) is 0 Å². The molecule has 90 valence electrons. The van der Waals surface area contributed by atoms with Crippen LogP contribution >= 0.6 is 0 Å². The fourth-order valence-corrected chi connectivity index (χ4v) is 8.50. The maximum absolute atomic E-state index is 2.61. The Hall–Kier alpha value is 0.177. The third kappa shape index (κ3) is 4.69. The summed E-state index contributed by atoms with van der Waals surface area (Å²) in [5, 5.41) is 0. The molecule has 0 atom stereocenters. The standard InChI is InChI=1S/C13H29NSi/c1-4-10-15(11-5-2,12-6-3)13-9-14-7-8-14/h4-13H2,1-3H3. The zero-order valence-electron chi connectivity index (χ0n) is 11.0. The minimum absolute atomic E-state index is 0.860. The monoisotopic (exact) mass is 227 g/mol. The predicted octanol–water partition coefficient (Wildman–Crippen LogP) is 3.98. The molecule has 2 heteroatoms. The topological polar surface area (TPSA) is 3.01 Å². The zero-order valence-corrected chi connectivity index (χ0v) is 12.0. The molecule has 0 spiro atoms. The van der Waals surface area contributed by atoms with E-state index < -0.39 is 8.07 Å². The maximum Gasteiger partial charge on any atom is 0.0548 e. The highest BCUT2D eigenvalue weighted by Crippen LogP contribution is 2.31. The van der Waals surface area contributed by atoms with Gasteiger partial charge in [0.05, 0.1) is 8.07 Å². The van der Waals surface area contributed by atoms with Crippen LogP contribution in [0.1, 0.15) is 40.0 Å². The second-order valence-corrected chi connectivity index (χ2v) is 10.3. The van der Waals surface area contributed by atoms with E-state index in [9.17, 15) is 0 Å². The Bertz CT molecular complexity index is 149. The van der Waals surface area contributed by atoms with Crippen molar-refractivity contribution in [2.24, 2.45) is 0 Å². The van der Waals surface area contributed by atoms with Crippen LogP contribution in [0.25, 0.3) is 0 Å². The van der Waals surface area contributed by atoms with Crippen molar-refractivity contribution in [1.29, 1.82) is 0 Å². The van der Waals surface area contributed by atoms with Gasteiger partial charge in [0.2, 0.25) is 0 Å². The fraction of sp³-hybridized carbons (Fsp3) is 1.00. The van der Waals surface area contributed by atoms with Gasteiger partial charge < -0.3 is 4.90 Å². The Morgan fingerprint density at radius 3 is 1.60 bits per heavy atom. The molecule has 0 aromatic carbocycles. The highest BCUT2D eigenvalue weighted by atomic mass is 28.3. The van der Waals surface area contributed by atoms with Gasteiger partial charge in [-0.1, -0.05) is 58.2 Å². The van der Waals surface area contributed by atoms with Gasteiger partial charge in [0, 0.05) is 13.1 Å². The van der Waals surface area contributed by atoms with E-state index in [0.717, 1.165) is 0 Å². The molecule has 1 fully saturated rings. The molecule has 1 aliphatic rings. The van der Waals surface area contributed by atoms with E-state index in [1.807, 2.05) is 0 Å². The molecule has 0 radical (unpaired) electrons.